The molecule has 0 N–H and O–H groups in total. The van der Waals surface area contributed by atoms with Crippen LogP contribution in [0.3, 0.4) is 0 Å². The van der Waals surface area contributed by atoms with Crippen LogP contribution in [0.15, 0.2) is 36.7 Å². The molecule has 1 saturated heterocycles. The van der Waals surface area contributed by atoms with Crippen molar-refractivity contribution >= 4 is 5.91 Å². The van der Waals surface area contributed by atoms with E-state index >= 15 is 0 Å². The number of rotatable bonds is 4. The lowest BCUT2D eigenvalue weighted by Crippen LogP contribution is -2.45. The van der Waals surface area contributed by atoms with Crippen LogP contribution in [0.5, 0.6) is 0 Å². The molecule has 6 nitrogen and oxygen atoms in total. The molecule has 1 aromatic carbocycles. The minimum absolute atomic E-state index is 0.0294. The first kappa shape index (κ1) is 17.2. The minimum atomic E-state index is -0.345. The number of hydrogen-bond acceptors (Lipinski definition) is 4. The average Bonchev–Trinajstić information content (AvgIpc) is 3.32. The Morgan fingerprint density at radius 1 is 1.27 bits per heavy atom. The van der Waals surface area contributed by atoms with Gasteiger partial charge in [0, 0.05) is 25.6 Å². The van der Waals surface area contributed by atoms with E-state index in [4.69, 9.17) is 4.84 Å². The first-order valence-corrected chi connectivity index (χ1v) is 9.43. The fourth-order valence-electron chi connectivity index (χ4n) is 3.88. The maximum Gasteiger partial charge on any atom is 0.269 e. The molecule has 2 aliphatic rings. The lowest BCUT2D eigenvalue weighted by Gasteiger charge is -2.37. The third-order valence-electron chi connectivity index (χ3n) is 5.19. The second-order valence-electron chi connectivity index (χ2n) is 7.31. The van der Waals surface area contributed by atoms with Crippen molar-refractivity contribution in [3.8, 4) is 0 Å². The van der Waals surface area contributed by atoms with E-state index in [1.54, 1.807) is 5.06 Å². The molecule has 4 rings (SSSR count). The highest BCUT2D eigenvalue weighted by Gasteiger charge is 2.40. The van der Waals surface area contributed by atoms with Gasteiger partial charge in [0.05, 0.1) is 30.9 Å². The summed E-state index contributed by atoms with van der Waals surface area (Å²) in [6, 6.07) is 10.3. The molecule has 0 aliphatic carbocycles. The summed E-state index contributed by atoms with van der Waals surface area (Å²) < 4.78 is 2.14. The van der Waals surface area contributed by atoms with Crippen LogP contribution in [-0.4, -0.2) is 45.1 Å². The molecule has 2 aliphatic heterocycles. The predicted molar refractivity (Wildman–Crippen MR) is 98.2 cm³/mol. The Kier molecular flexibility index (Phi) is 4.78. The molecule has 2 aromatic rings. The summed E-state index contributed by atoms with van der Waals surface area (Å²) in [5.74, 6) is 0.0294. The molecule has 138 valence electrons. The summed E-state index contributed by atoms with van der Waals surface area (Å²) in [5, 5.41) is 1.55. The molecule has 1 aromatic heterocycles. The summed E-state index contributed by atoms with van der Waals surface area (Å²) in [6.07, 6.45) is 3.65. The number of amides is 1. The summed E-state index contributed by atoms with van der Waals surface area (Å²) in [5.41, 5.74) is 3.29. The highest BCUT2D eigenvalue weighted by atomic mass is 16.7. The molecule has 3 heterocycles. The normalized spacial score (nSPS) is 20.6. The van der Waals surface area contributed by atoms with E-state index < -0.39 is 0 Å². The fourth-order valence-corrected chi connectivity index (χ4v) is 3.88. The summed E-state index contributed by atoms with van der Waals surface area (Å²) in [4.78, 5) is 25.8. The zero-order valence-electron chi connectivity index (χ0n) is 15.5. The van der Waals surface area contributed by atoms with Gasteiger partial charge in [0.15, 0.2) is 0 Å². The topological polar surface area (TPSA) is 50.6 Å². The Hall–Kier alpha value is -2.18. The SMILES string of the molecule is CC(C)n1cnc2c1C(C(=O)N1CCCO1)N(Cc1ccccc1)CC2. The van der Waals surface area contributed by atoms with Crippen LogP contribution in [-0.2, 0) is 22.6 Å². The molecule has 1 amide bonds. The summed E-state index contributed by atoms with van der Waals surface area (Å²) in [6.45, 7) is 7.11. The monoisotopic (exact) mass is 354 g/mol. The maximum absolute atomic E-state index is 13.4. The van der Waals surface area contributed by atoms with Gasteiger partial charge < -0.3 is 4.57 Å². The summed E-state index contributed by atoms with van der Waals surface area (Å²) in [7, 11) is 0. The van der Waals surface area contributed by atoms with Gasteiger partial charge in [-0.1, -0.05) is 30.3 Å². The number of imidazole rings is 1. The maximum atomic E-state index is 13.4. The number of nitrogens with zero attached hydrogens (tertiary/aromatic N) is 4. The second kappa shape index (κ2) is 7.21. The van der Waals surface area contributed by atoms with Crippen LogP contribution in [0.4, 0.5) is 0 Å². The van der Waals surface area contributed by atoms with Crippen LogP contribution in [0.2, 0.25) is 0 Å². The van der Waals surface area contributed by atoms with Crippen molar-refractivity contribution in [1.82, 2.24) is 19.5 Å². The molecule has 0 spiro atoms. The van der Waals surface area contributed by atoms with Crippen molar-refractivity contribution in [2.45, 2.75) is 45.3 Å². The molecular weight excluding hydrogens is 328 g/mol. The number of fused-ring (bicyclic) bond motifs is 1. The highest BCUT2D eigenvalue weighted by molar-refractivity contribution is 5.82. The second-order valence-corrected chi connectivity index (χ2v) is 7.31. The van der Waals surface area contributed by atoms with Gasteiger partial charge >= 0.3 is 0 Å². The van der Waals surface area contributed by atoms with E-state index in [1.165, 1.54) is 5.56 Å². The highest BCUT2D eigenvalue weighted by Crippen LogP contribution is 2.34. The zero-order valence-corrected chi connectivity index (χ0v) is 15.5. The van der Waals surface area contributed by atoms with Crippen molar-refractivity contribution in [1.29, 1.82) is 0 Å². The average molecular weight is 354 g/mol. The van der Waals surface area contributed by atoms with E-state index in [0.29, 0.717) is 13.2 Å². The molecule has 1 atom stereocenters. The molecule has 1 fully saturated rings. The van der Waals surface area contributed by atoms with E-state index in [9.17, 15) is 4.79 Å². The number of hydroxylamine groups is 2. The Bertz CT molecular complexity index is 765. The van der Waals surface area contributed by atoms with Crippen LogP contribution in [0.25, 0.3) is 0 Å². The van der Waals surface area contributed by atoms with Crippen molar-refractivity contribution in [3.05, 3.63) is 53.6 Å². The van der Waals surface area contributed by atoms with Crippen molar-refractivity contribution in [2.75, 3.05) is 19.7 Å². The quantitative estimate of drug-likeness (QED) is 0.847. The van der Waals surface area contributed by atoms with Crippen LogP contribution in [0, 0.1) is 0 Å². The van der Waals surface area contributed by atoms with E-state index in [2.05, 4.69) is 40.4 Å². The van der Waals surface area contributed by atoms with Gasteiger partial charge in [-0.05, 0) is 25.8 Å². The number of aromatic nitrogens is 2. The lowest BCUT2D eigenvalue weighted by molar-refractivity contribution is -0.176. The summed E-state index contributed by atoms with van der Waals surface area (Å²) >= 11 is 0. The molecule has 0 saturated carbocycles. The number of carbonyl (C=O) groups excluding carboxylic acids is 1. The first-order valence-electron chi connectivity index (χ1n) is 9.43. The number of carbonyl (C=O) groups is 1. The largest absolute Gasteiger partial charge is 0.330 e. The smallest absolute Gasteiger partial charge is 0.269 e. The number of benzene rings is 1. The van der Waals surface area contributed by atoms with E-state index in [-0.39, 0.29) is 18.0 Å². The van der Waals surface area contributed by atoms with Gasteiger partial charge in [-0.2, -0.15) is 0 Å². The third kappa shape index (κ3) is 3.15. The minimum Gasteiger partial charge on any atom is -0.330 e. The van der Waals surface area contributed by atoms with E-state index in [0.717, 1.165) is 37.3 Å². The Balaban J connectivity index is 1.71. The van der Waals surface area contributed by atoms with Crippen molar-refractivity contribution < 1.29 is 9.63 Å². The van der Waals surface area contributed by atoms with Gasteiger partial charge in [0.1, 0.15) is 6.04 Å². The third-order valence-corrected chi connectivity index (χ3v) is 5.19. The van der Waals surface area contributed by atoms with Crippen molar-refractivity contribution in [3.63, 3.8) is 0 Å². The Morgan fingerprint density at radius 3 is 2.77 bits per heavy atom. The number of hydrogen-bond donors (Lipinski definition) is 0. The molecular formula is C20H26N4O2. The van der Waals surface area contributed by atoms with Gasteiger partial charge in [-0.15, -0.1) is 0 Å². The van der Waals surface area contributed by atoms with Crippen LogP contribution < -0.4 is 0 Å². The molecule has 26 heavy (non-hydrogen) atoms. The molecule has 0 radical (unpaired) electrons. The van der Waals surface area contributed by atoms with Crippen molar-refractivity contribution in [2.24, 2.45) is 0 Å². The van der Waals surface area contributed by atoms with Crippen LogP contribution in [0.1, 0.15) is 49.3 Å². The lowest BCUT2D eigenvalue weighted by atomic mass is 9.99. The Morgan fingerprint density at radius 2 is 2.08 bits per heavy atom. The predicted octanol–water partition coefficient (Wildman–Crippen LogP) is 2.73. The van der Waals surface area contributed by atoms with Gasteiger partial charge in [-0.3, -0.25) is 14.5 Å². The van der Waals surface area contributed by atoms with Gasteiger partial charge in [0.2, 0.25) is 0 Å². The standard InChI is InChI=1S/C20H26N4O2/c1-15(2)23-14-21-17-9-11-22(13-16-7-4-3-5-8-16)19(18(17)23)20(25)24-10-6-12-26-24/h3-5,7-8,14-15,19H,6,9-13H2,1-2H3. The molecule has 1 unspecified atom stereocenters. The van der Waals surface area contributed by atoms with Crippen LogP contribution >= 0.6 is 0 Å². The first-order chi connectivity index (χ1) is 12.6. The molecule has 0 bridgehead atoms. The zero-order chi connectivity index (χ0) is 18.1. The molecule has 6 heteroatoms. The van der Waals surface area contributed by atoms with E-state index in [1.807, 2.05) is 24.5 Å². The van der Waals surface area contributed by atoms with Gasteiger partial charge in [0.25, 0.3) is 5.91 Å². The fraction of sp³-hybridized carbons (Fsp3) is 0.500. The Labute approximate surface area is 154 Å². The van der Waals surface area contributed by atoms with Gasteiger partial charge in [-0.25, -0.2) is 10.0 Å².